The Bertz CT molecular complexity index is 614. The van der Waals surface area contributed by atoms with E-state index < -0.39 is 6.10 Å². The molecule has 3 nitrogen and oxygen atoms in total. The fourth-order valence-electron chi connectivity index (χ4n) is 1.78. The van der Waals surface area contributed by atoms with E-state index >= 15 is 0 Å². The molecule has 0 unspecified atom stereocenters. The van der Waals surface area contributed by atoms with E-state index in [1.165, 1.54) is 0 Å². The number of halogens is 2. The molecule has 0 bridgehead atoms. The summed E-state index contributed by atoms with van der Waals surface area (Å²) in [4.78, 5) is 12.2. The number of hydrogen-bond donors (Lipinski definition) is 1. The first-order valence-electron chi connectivity index (χ1n) is 6.57. The van der Waals surface area contributed by atoms with Gasteiger partial charge in [0.15, 0.2) is 6.10 Å². The molecule has 0 aliphatic heterocycles. The highest BCUT2D eigenvalue weighted by molar-refractivity contribution is 6.33. The van der Waals surface area contributed by atoms with Gasteiger partial charge in [0.2, 0.25) is 0 Å². The molecular weight excluding hydrogens is 309 g/mol. The standard InChI is InChI=1S/C16H15Cl2NO2/c1-2-15(21-12-9-7-11(17)8-10-12)16(20)19-14-6-4-3-5-13(14)18/h3-10,15H,2H2,1H3,(H,19,20)/t15-/m1/s1. The maximum atomic E-state index is 12.2. The Balaban J connectivity index is 2.05. The lowest BCUT2D eigenvalue weighted by Crippen LogP contribution is -2.32. The van der Waals surface area contributed by atoms with Crippen molar-refractivity contribution in [2.45, 2.75) is 19.4 Å². The van der Waals surface area contributed by atoms with E-state index in [1.54, 1.807) is 42.5 Å². The van der Waals surface area contributed by atoms with Gasteiger partial charge >= 0.3 is 0 Å². The number of rotatable bonds is 5. The first kappa shape index (κ1) is 15.7. The molecule has 0 fully saturated rings. The van der Waals surface area contributed by atoms with Gasteiger partial charge in [0.1, 0.15) is 5.75 Å². The van der Waals surface area contributed by atoms with Crippen LogP contribution in [0.15, 0.2) is 48.5 Å². The van der Waals surface area contributed by atoms with Crippen LogP contribution >= 0.6 is 23.2 Å². The van der Waals surface area contributed by atoms with Gasteiger partial charge in [-0.1, -0.05) is 42.3 Å². The van der Waals surface area contributed by atoms with Gasteiger partial charge < -0.3 is 10.1 Å². The maximum absolute atomic E-state index is 12.2. The van der Waals surface area contributed by atoms with Crippen LogP contribution < -0.4 is 10.1 Å². The first-order valence-corrected chi connectivity index (χ1v) is 7.33. The Morgan fingerprint density at radius 3 is 2.43 bits per heavy atom. The van der Waals surface area contributed by atoms with Crippen LogP contribution in [0, 0.1) is 0 Å². The molecule has 0 radical (unpaired) electrons. The molecule has 0 saturated heterocycles. The Morgan fingerprint density at radius 2 is 1.81 bits per heavy atom. The van der Waals surface area contributed by atoms with Crippen molar-refractivity contribution in [1.82, 2.24) is 0 Å². The van der Waals surface area contributed by atoms with Crippen molar-refractivity contribution in [1.29, 1.82) is 0 Å². The quantitative estimate of drug-likeness (QED) is 0.859. The summed E-state index contributed by atoms with van der Waals surface area (Å²) in [6, 6.07) is 14.0. The van der Waals surface area contributed by atoms with E-state index in [4.69, 9.17) is 27.9 Å². The van der Waals surface area contributed by atoms with Crippen LogP contribution in [0.1, 0.15) is 13.3 Å². The Kier molecular flexibility index (Phi) is 5.48. The van der Waals surface area contributed by atoms with E-state index in [0.717, 1.165) is 0 Å². The normalized spacial score (nSPS) is 11.8. The SMILES string of the molecule is CC[C@@H](Oc1ccc(Cl)cc1)C(=O)Nc1ccccc1Cl. The van der Waals surface area contributed by atoms with Crippen molar-refractivity contribution in [3.63, 3.8) is 0 Å². The number of carbonyl (C=O) groups is 1. The molecule has 0 heterocycles. The average molecular weight is 324 g/mol. The molecule has 0 saturated carbocycles. The largest absolute Gasteiger partial charge is 0.481 e. The van der Waals surface area contributed by atoms with Gasteiger partial charge in [-0.05, 0) is 42.8 Å². The molecule has 0 aliphatic carbocycles. The summed E-state index contributed by atoms with van der Waals surface area (Å²) in [5.41, 5.74) is 0.572. The van der Waals surface area contributed by atoms with Gasteiger partial charge in [0.25, 0.3) is 5.91 Å². The molecule has 2 aromatic rings. The van der Waals surface area contributed by atoms with Gasteiger partial charge in [-0.2, -0.15) is 0 Å². The van der Waals surface area contributed by atoms with Crippen LogP contribution in [0.5, 0.6) is 5.75 Å². The number of amides is 1. The van der Waals surface area contributed by atoms with Crippen LogP contribution in [-0.4, -0.2) is 12.0 Å². The number of carbonyl (C=O) groups excluding carboxylic acids is 1. The van der Waals surface area contributed by atoms with Crippen molar-refractivity contribution in [3.05, 3.63) is 58.6 Å². The van der Waals surface area contributed by atoms with Crippen LogP contribution in [0.3, 0.4) is 0 Å². The molecule has 5 heteroatoms. The summed E-state index contributed by atoms with van der Waals surface area (Å²) >= 11 is 11.8. The second-order valence-corrected chi connectivity index (χ2v) is 5.28. The predicted octanol–water partition coefficient (Wildman–Crippen LogP) is 4.79. The monoisotopic (exact) mass is 323 g/mol. The van der Waals surface area contributed by atoms with Gasteiger partial charge in [-0.3, -0.25) is 4.79 Å². The summed E-state index contributed by atoms with van der Waals surface area (Å²) in [7, 11) is 0. The lowest BCUT2D eigenvalue weighted by molar-refractivity contribution is -0.122. The van der Waals surface area contributed by atoms with Gasteiger partial charge in [-0.25, -0.2) is 0 Å². The third kappa shape index (κ3) is 4.38. The topological polar surface area (TPSA) is 38.3 Å². The van der Waals surface area contributed by atoms with E-state index in [-0.39, 0.29) is 5.91 Å². The minimum absolute atomic E-state index is 0.236. The van der Waals surface area contributed by atoms with E-state index in [9.17, 15) is 4.79 Å². The highest BCUT2D eigenvalue weighted by atomic mass is 35.5. The molecule has 0 aromatic heterocycles. The molecule has 1 atom stereocenters. The Hall–Kier alpha value is -1.71. The predicted molar refractivity (Wildman–Crippen MR) is 86.2 cm³/mol. The molecule has 1 N–H and O–H groups in total. The second-order valence-electron chi connectivity index (χ2n) is 4.44. The van der Waals surface area contributed by atoms with Gasteiger partial charge in [0, 0.05) is 5.02 Å². The van der Waals surface area contributed by atoms with Crippen molar-refractivity contribution in [2.75, 3.05) is 5.32 Å². The maximum Gasteiger partial charge on any atom is 0.265 e. The average Bonchev–Trinajstić information content (AvgIpc) is 2.49. The molecule has 0 aliphatic rings. The summed E-state index contributed by atoms with van der Waals surface area (Å²) in [6.45, 7) is 1.88. The van der Waals surface area contributed by atoms with Crippen molar-refractivity contribution in [3.8, 4) is 5.75 Å². The zero-order valence-electron chi connectivity index (χ0n) is 11.5. The highest BCUT2D eigenvalue weighted by Crippen LogP contribution is 2.22. The summed E-state index contributed by atoms with van der Waals surface area (Å²) < 4.78 is 5.68. The zero-order valence-corrected chi connectivity index (χ0v) is 13.0. The van der Waals surface area contributed by atoms with Crippen molar-refractivity contribution in [2.24, 2.45) is 0 Å². The second kappa shape index (κ2) is 7.34. The minimum Gasteiger partial charge on any atom is -0.481 e. The molecule has 110 valence electrons. The van der Waals surface area contributed by atoms with E-state index in [2.05, 4.69) is 5.32 Å². The number of anilines is 1. The third-order valence-corrected chi connectivity index (χ3v) is 3.47. The van der Waals surface area contributed by atoms with Crippen LogP contribution in [0.4, 0.5) is 5.69 Å². The molecule has 21 heavy (non-hydrogen) atoms. The van der Waals surface area contributed by atoms with Gasteiger partial charge in [0.05, 0.1) is 10.7 Å². The summed E-state index contributed by atoms with van der Waals surface area (Å²) in [6.07, 6.45) is -0.0544. The number of hydrogen-bond acceptors (Lipinski definition) is 2. The number of benzene rings is 2. The third-order valence-electron chi connectivity index (χ3n) is 2.89. The first-order chi connectivity index (χ1) is 10.1. The molecular formula is C16H15Cl2NO2. The van der Waals surface area contributed by atoms with E-state index in [0.29, 0.717) is 27.9 Å². The van der Waals surface area contributed by atoms with Crippen molar-refractivity contribution < 1.29 is 9.53 Å². The van der Waals surface area contributed by atoms with Crippen LogP contribution in [-0.2, 0) is 4.79 Å². The number of ether oxygens (including phenoxy) is 1. The summed E-state index contributed by atoms with van der Waals surface area (Å²) in [5.74, 6) is 0.362. The number of para-hydroxylation sites is 1. The Labute approximate surface area is 133 Å². The van der Waals surface area contributed by atoms with Crippen LogP contribution in [0.2, 0.25) is 10.0 Å². The van der Waals surface area contributed by atoms with Gasteiger partial charge in [-0.15, -0.1) is 0 Å². The Morgan fingerprint density at radius 1 is 1.14 bits per heavy atom. The fourth-order valence-corrected chi connectivity index (χ4v) is 2.08. The lowest BCUT2D eigenvalue weighted by Gasteiger charge is -2.17. The molecule has 2 rings (SSSR count). The van der Waals surface area contributed by atoms with Crippen molar-refractivity contribution >= 4 is 34.8 Å². The molecule has 1 amide bonds. The zero-order chi connectivity index (χ0) is 15.2. The van der Waals surface area contributed by atoms with Crippen LogP contribution in [0.25, 0.3) is 0 Å². The minimum atomic E-state index is -0.595. The highest BCUT2D eigenvalue weighted by Gasteiger charge is 2.19. The lowest BCUT2D eigenvalue weighted by atomic mass is 10.2. The number of nitrogens with one attached hydrogen (secondary N) is 1. The fraction of sp³-hybridized carbons (Fsp3) is 0.188. The smallest absolute Gasteiger partial charge is 0.265 e. The van der Waals surface area contributed by atoms with E-state index in [1.807, 2.05) is 13.0 Å². The molecule has 2 aromatic carbocycles. The molecule has 0 spiro atoms. The summed E-state index contributed by atoms with van der Waals surface area (Å²) in [5, 5.41) is 3.88.